The van der Waals surface area contributed by atoms with Gasteiger partial charge in [0, 0.05) is 16.7 Å². The van der Waals surface area contributed by atoms with Crippen molar-refractivity contribution < 1.29 is 0 Å². The van der Waals surface area contributed by atoms with Gasteiger partial charge in [0.15, 0.2) is 0 Å². The van der Waals surface area contributed by atoms with Crippen LogP contribution in [0.5, 0.6) is 0 Å². The third kappa shape index (κ3) is 3.73. The van der Waals surface area contributed by atoms with Crippen molar-refractivity contribution in [3.05, 3.63) is 11.1 Å². The van der Waals surface area contributed by atoms with Crippen LogP contribution in [0.3, 0.4) is 0 Å². The molecule has 0 radical (unpaired) electrons. The minimum absolute atomic E-state index is 0.235. The summed E-state index contributed by atoms with van der Waals surface area (Å²) >= 11 is 3.65. The number of allylic oxidation sites excluding steroid dienone is 2. The molecule has 0 N–H and O–H groups in total. The molecule has 0 aromatic rings. The van der Waals surface area contributed by atoms with Gasteiger partial charge in [0.05, 0.1) is 0 Å². The largest absolute Gasteiger partial charge is 0.132 e. The average Bonchev–Trinajstić information content (AvgIpc) is 2.14. The molecule has 0 spiro atoms. The van der Waals surface area contributed by atoms with Crippen molar-refractivity contribution in [3.63, 3.8) is 0 Å². The fourth-order valence-electron chi connectivity index (χ4n) is 2.48. The molecule has 1 aliphatic rings. The van der Waals surface area contributed by atoms with Crippen molar-refractivity contribution in [2.75, 3.05) is 5.33 Å². The molecule has 0 saturated heterocycles. The van der Waals surface area contributed by atoms with Gasteiger partial charge in [-0.3, -0.25) is 0 Å². The topological polar surface area (TPSA) is 0 Å². The van der Waals surface area contributed by atoms with E-state index in [4.69, 9.17) is 0 Å². The highest BCUT2D eigenvalue weighted by atomic mass is 79.9. The fourth-order valence-corrected chi connectivity index (χ4v) is 4.28. The predicted molar refractivity (Wildman–Crippen MR) is 84.1 cm³/mol. The molecule has 0 nitrogen and oxygen atoms in total. The highest BCUT2D eigenvalue weighted by molar-refractivity contribution is 9.09. The van der Waals surface area contributed by atoms with Crippen LogP contribution in [0, 0.1) is 22.8 Å². The molecule has 0 aromatic carbocycles. The van der Waals surface area contributed by atoms with E-state index in [0.29, 0.717) is 5.92 Å². The molecule has 1 aliphatic carbocycles. The van der Waals surface area contributed by atoms with Gasteiger partial charge in [-0.15, -0.1) is 11.5 Å². The molecular weight excluding hydrogens is 288 g/mol. The van der Waals surface area contributed by atoms with Gasteiger partial charge in [0.1, 0.15) is 8.07 Å². The van der Waals surface area contributed by atoms with Crippen molar-refractivity contribution >= 4 is 24.0 Å². The summed E-state index contributed by atoms with van der Waals surface area (Å²) < 4.78 is 0. The first-order valence-corrected chi connectivity index (χ1v) is 11.1. The molecule has 0 aromatic heterocycles. The SMILES string of the molecule is CC1=C(CBr)C(C)(C)C(C#C[Si](C)(C)C)CC1. The summed E-state index contributed by atoms with van der Waals surface area (Å²) in [6.07, 6.45) is 2.45. The lowest BCUT2D eigenvalue weighted by molar-refractivity contribution is 0.292. The smallest absolute Gasteiger partial charge is 0.129 e. The summed E-state index contributed by atoms with van der Waals surface area (Å²) in [6.45, 7) is 14.0. The number of hydrogen-bond donors (Lipinski definition) is 0. The van der Waals surface area contributed by atoms with Gasteiger partial charge in [0.2, 0.25) is 0 Å². The average molecular weight is 313 g/mol. The van der Waals surface area contributed by atoms with Gasteiger partial charge in [-0.2, -0.15) is 0 Å². The molecule has 0 amide bonds. The molecule has 17 heavy (non-hydrogen) atoms. The van der Waals surface area contributed by atoms with Crippen LogP contribution < -0.4 is 0 Å². The van der Waals surface area contributed by atoms with Crippen LogP contribution >= 0.6 is 15.9 Å². The van der Waals surface area contributed by atoms with E-state index in [1.54, 1.807) is 11.1 Å². The Morgan fingerprint density at radius 1 is 1.35 bits per heavy atom. The van der Waals surface area contributed by atoms with Crippen LogP contribution in [-0.4, -0.2) is 13.4 Å². The third-order valence-corrected chi connectivity index (χ3v) is 5.18. The first-order chi connectivity index (χ1) is 7.68. The lowest BCUT2D eigenvalue weighted by Gasteiger charge is -2.39. The van der Waals surface area contributed by atoms with Crippen LogP contribution in [-0.2, 0) is 0 Å². The van der Waals surface area contributed by atoms with E-state index in [1.807, 2.05) is 0 Å². The van der Waals surface area contributed by atoms with Crippen LogP contribution in [0.4, 0.5) is 0 Å². The van der Waals surface area contributed by atoms with Crippen molar-refractivity contribution in [2.45, 2.75) is 53.3 Å². The Morgan fingerprint density at radius 2 is 1.94 bits per heavy atom. The van der Waals surface area contributed by atoms with Crippen LogP contribution in [0.1, 0.15) is 33.6 Å². The zero-order chi connectivity index (χ0) is 13.3. The lowest BCUT2D eigenvalue weighted by atomic mass is 9.66. The van der Waals surface area contributed by atoms with Gasteiger partial charge >= 0.3 is 0 Å². The Bertz CT molecular complexity index is 374. The maximum Gasteiger partial charge on any atom is 0.129 e. The molecule has 1 rings (SSSR count). The third-order valence-electron chi connectivity index (χ3n) is 3.73. The Kier molecular flexibility index (Phi) is 4.71. The standard InChI is InChI=1S/C15H25BrSi/c1-12-7-8-13(9-10-17(4,5)6)15(2,3)14(12)11-16/h13H,7-8,11H2,1-6H3. The van der Waals surface area contributed by atoms with Gasteiger partial charge in [0.25, 0.3) is 0 Å². The van der Waals surface area contributed by atoms with Gasteiger partial charge < -0.3 is 0 Å². The normalized spacial score (nSPS) is 24.3. The number of rotatable bonds is 1. The Balaban J connectivity index is 3.02. The van der Waals surface area contributed by atoms with E-state index in [-0.39, 0.29) is 5.41 Å². The molecule has 96 valence electrons. The van der Waals surface area contributed by atoms with Crippen molar-refractivity contribution in [2.24, 2.45) is 11.3 Å². The molecule has 1 unspecified atom stereocenters. The summed E-state index contributed by atoms with van der Waals surface area (Å²) in [5, 5.41) is 0.997. The summed E-state index contributed by atoms with van der Waals surface area (Å²) in [5.41, 5.74) is 6.93. The number of hydrogen-bond acceptors (Lipinski definition) is 0. The first kappa shape index (κ1) is 15.1. The lowest BCUT2D eigenvalue weighted by Crippen LogP contribution is -2.31. The van der Waals surface area contributed by atoms with Crippen LogP contribution in [0.15, 0.2) is 11.1 Å². The predicted octanol–water partition coefficient (Wildman–Crippen LogP) is 5.01. The molecular formula is C15H25BrSi. The number of alkyl halides is 1. The van der Waals surface area contributed by atoms with Crippen molar-refractivity contribution in [1.29, 1.82) is 0 Å². The molecule has 0 fully saturated rings. The summed E-state index contributed by atoms with van der Waals surface area (Å²) in [6, 6.07) is 0. The quantitative estimate of drug-likeness (QED) is 0.276. The maximum absolute atomic E-state index is 3.65. The summed E-state index contributed by atoms with van der Waals surface area (Å²) in [4.78, 5) is 0. The van der Waals surface area contributed by atoms with E-state index >= 15 is 0 Å². The zero-order valence-electron chi connectivity index (χ0n) is 12.1. The van der Waals surface area contributed by atoms with Crippen LogP contribution in [0.25, 0.3) is 0 Å². The van der Waals surface area contributed by atoms with Gasteiger partial charge in [-0.25, -0.2) is 0 Å². The highest BCUT2D eigenvalue weighted by Gasteiger charge is 2.35. The minimum Gasteiger partial charge on any atom is -0.132 e. The maximum atomic E-state index is 3.65. The molecule has 0 saturated carbocycles. The Morgan fingerprint density at radius 3 is 2.41 bits per heavy atom. The molecule has 0 heterocycles. The minimum atomic E-state index is -1.24. The second-order valence-electron chi connectivity index (χ2n) is 6.72. The van der Waals surface area contributed by atoms with Crippen molar-refractivity contribution in [3.8, 4) is 11.5 Å². The summed E-state index contributed by atoms with van der Waals surface area (Å²) in [5.74, 6) is 4.13. The molecule has 0 bridgehead atoms. The van der Waals surface area contributed by atoms with Gasteiger partial charge in [-0.1, -0.05) is 60.6 Å². The summed E-state index contributed by atoms with van der Waals surface area (Å²) in [7, 11) is -1.24. The second kappa shape index (κ2) is 5.32. The van der Waals surface area contributed by atoms with Gasteiger partial charge in [-0.05, 0) is 19.8 Å². The van der Waals surface area contributed by atoms with E-state index in [2.05, 4.69) is 67.8 Å². The monoisotopic (exact) mass is 312 g/mol. The van der Waals surface area contributed by atoms with E-state index in [1.165, 1.54) is 12.8 Å². The fraction of sp³-hybridized carbons (Fsp3) is 0.733. The Hall–Kier alpha value is -0.00312. The van der Waals surface area contributed by atoms with E-state index < -0.39 is 8.07 Å². The molecule has 1 atom stereocenters. The van der Waals surface area contributed by atoms with Crippen molar-refractivity contribution in [1.82, 2.24) is 0 Å². The molecule has 0 aliphatic heterocycles. The molecule has 2 heteroatoms. The zero-order valence-corrected chi connectivity index (χ0v) is 14.7. The van der Waals surface area contributed by atoms with Crippen LogP contribution in [0.2, 0.25) is 19.6 Å². The first-order valence-electron chi connectivity index (χ1n) is 6.46. The highest BCUT2D eigenvalue weighted by Crippen LogP contribution is 2.44. The van der Waals surface area contributed by atoms with E-state index in [9.17, 15) is 0 Å². The Labute approximate surface area is 116 Å². The number of halogens is 1. The second-order valence-corrected chi connectivity index (χ2v) is 12.0. The van der Waals surface area contributed by atoms with E-state index in [0.717, 1.165) is 5.33 Å².